The molecule has 2 rings (SSSR count). The summed E-state index contributed by atoms with van der Waals surface area (Å²) in [6.45, 7) is 3.21. The van der Waals surface area contributed by atoms with E-state index in [1.54, 1.807) is 0 Å². The third-order valence-electron chi connectivity index (χ3n) is 3.55. The van der Waals surface area contributed by atoms with Gasteiger partial charge >= 0.3 is 0 Å². The molecule has 0 aliphatic carbocycles. The Morgan fingerprint density at radius 2 is 1.88 bits per heavy atom. The van der Waals surface area contributed by atoms with Gasteiger partial charge in [0.15, 0.2) is 0 Å². The molecule has 2 saturated heterocycles. The number of likely N-dealkylation sites (tertiary alicyclic amines) is 1. The molecule has 0 radical (unpaired) electrons. The van der Waals surface area contributed by atoms with E-state index < -0.39 is 0 Å². The van der Waals surface area contributed by atoms with Gasteiger partial charge in [-0.25, -0.2) is 0 Å². The summed E-state index contributed by atoms with van der Waals surface area (Å²) in [6.07, 6.45) is 2.29. The molecule has 2 aliphatic rings. The van der Waals surface area contributed by atoms with E-state index >= 15 is 0 Å². The van der Waals surface area contributed by atoms with Crippen LogP contribution < -0.4 is 11.1 Å². The lowest BCUT2D eigenvalue weighted by molar-refractivity contribution is -0.138. The molecule has 5 heteroatoms. The smallest absolute Gasteiger partial charge is 0.228 e. The largest absolute Gasteiger partial charge is 0.370 e. The lowest BCUT2D eigenvalue weighted by atomic mass is 9.92. The number of piperidine rings is 1. The number of nitrogens with zero attached hydrogens (tertiary/aromatic N) is 1. The number of hydrogen-bond donors (Lipinski definition) is 2. The highest BCUT2D eigenvalue weighted by atomic mass is 16.2. The van der Waals surface area contributed by atoms with Crippen LogP contribution in [0.2, 0.25) is 0 Å². The molecule has 5 nitrogen and oxygen atoms in total. The van der Waals surface area contributed by atoms with Crippen molar-refractivity contribution < 1.29 is 9.59 Å². The van der Waals surface area contributed by atoms with Crippen LogP contribution in [0.3, 0.4) is 0 Å². The molecule has 3 N–H and O–H groups in total. The molecule has 0 unspecified atom stereocenters. The molecule has 0 atom stereocenters. The summed E-state index contributed by atoms with van der Waals surface area (Å²) in [7, 11) is 0. The third-order valence-corrected chi connectivity index (χ3v) is 3.55. The van der Waals surface area contributed by atoms with E-state index in [1.807, 2.05) is 4.90 Å². The van der Waals surface area contributed by atoms with E-state index in [0.29, 0.717) is 12.3 Å². The molecule has 2 fully saturated rings. The highest BCUT2D eigenvalue weighted by molar-refractivity contribution is 5.80. The maximum absolute atomic E-state index is 11.9. The lowest BCUT2D eigenvalue weighted by Crippen LogP contribution is -2.53. The van der Waals surface area contributed by atoms with Crippen LogP contribution in [0.5, 0.6) is 0 Å². The average molecular weight is 225 g/mol. The molecular weight excluding hydrogens is 206 g/mol. The van der Waals surface area contributed by atoms with Crippen molar-refractivity contribution in [2.24, 2.45) is 17.6 Å². The highest BCUT2D eigenvalue weighted by Crippen LogP contribution is 2.22. The highest BCUT2D eigenvalue weighted by Gasteiger charge is 2.31. The second-order valence-electron chi connectivity index (χ2n) is 4.79. The molecule has 0 saturated carbocycles. The minimum absolute atomic E-state index is 0.188. The summed E-state index contributed by atoms with van der Waals surface area (Å²) in [4.78, 5) is 24.6. The van der Waals surface area contributed by atoms with Gasteiger partial charge in [-0.3, -0.25) is 9.59 Å². The van der Waals surface area contributed by atoms with E-state index in [4.69, 9.17) is 5.73 Å². The number of hydrogen-bond acceptors (Lipinski definition) is 3. The Morgan fingerprint density at radius 1 is 1.25 bits per heavy atom. The number of carbonyl (C=O) groups excluding carboxylic acids is 2. The van der Waals surface area contributed by atoms with Crippen LogP contribution in [0.25, 0.3) is 0 Å². The summed E-state index contributed by atoms with van der Waals surface area (Å²) >= 11 is 0. The van der Waals surface area contributed by atoms with Crippen molar-refractivity contribution in [1.82, 2.24) is 10.2 Å². The van der Waals surface area contributed by atoms with Crippen molar-refractivity contribution in [3.05, 3.63) is 0 Å². The molecule has 0 aromatic carbocycles. The minimum Gasteiger partial charge on any atom is -0.370 e. The van der Waals surface area contributed by atoms with Gasteiger partial charge in [-0.05, 0) is 18.8 Å². The van der Waals surface area contributed by atoms with Crippen LogP contribution in [0.15, 0.2) is 0 Å². The standard InChI is InChI=1S/C11H19N3O2/c12-10(15)5-8-1-3-14(4-2-8)11(16)9-6-13-7-9/h8-9,13H,1-7H2,(H2,12,15). The van der Waals surface area contributed by atoms with E-state index in [2.05, 4.69) is 5.32 Å². The Bertz CT molecular complexity index is 281. The molecular formula is C11H19N3O2. The van der Waals surface area contributed by atoms with Gasteiger partial charge < -0.3 is 16.0 Å². The number of amides is 2. The zero-order valence-electron chi connectivity index (χ0n) is 9.45. The van der Waals surface area contributed by atoms with Crippen LogP contribution in [0.1, 0.15) is 19.3 Å². The van der Waals surface area contributed by atoms with Crippen molar-refractivity contribution in [2.75, 3.05) is 26.2 Å². The maximum Gasteiger partial charge on any atom is 0.228 e. The van der Waals surface area contributed by atoms with Gasteiger partial charge in [0.05, 0.1) is 5.92 Å². The van der Waals surface area contributed by atoms with E-state index in [-0.39, 0.29) is 17.7 Å². The summed E-state index contributed by atoms with van der Waals surface area (Å²) in [5.41, 5.74) is 5.17. The number of rotatable bonds is 3. The van der Waals surface area contributed by atoms with Crippen LogP contribution in [-0.2, 0) is 9.59 Å². The van der Waals surface area contributed by atoms with Crippen molar-refractivity contribution in [3.8, 4) is 0 Å². The Hall–Kier alpha value is -1.10. The SMILES string of the molecule is NC(=O)CC1CCN(C(=O)C2CNC2)CC1. The zero-order valence-corrected chi connectivity index (χ0v) is 9.45. The molecule has 0 aromatic rings. The molecule has 2 aliphatic heterocycles. The van der Waals surface area contributed by atoms with Crippen LogP contribution in [0.4, 0.5) is 0 Å². The normalized spacial score (nSPS) is 22.9. The predicted octanol–water partition coefficient (Wildman–Crippen LogP) is -0.680. The summed E-state index contributed by atoms with van der Waals surface area (Å²) < 4.78 is 0. The number of carbonyl (C=O) groups is 2. The van der Waals surface area contributed by atoms with Gasteiger partial charge in [-0.15, -0.1) is 0 Å². The number of primary amides is 1. The van der Waals surface area contributed by atoms with Gasteiger partial charge in [0.1, 0.15) is 0 Å². The topological polar surface area (TPSA) is 75.4 Å². The minimum atomic E-state index is -0.229. The van der Waals surface area contributed by atoms with E-state index in [9.17, 15) is 9.59 Å². The average Bonchev–Trinajstić information content (AvgIpc) is 2.15. The molecule has 90 valence electrons. The van der Waals surface area contributed by atoms with Gasteiger partial charge in [0.25, 0.3) is 0 Å². The first-order valence-electron chi connectivity index (χ1n) is 5.94. The van der Waals surface area contributed by atoms with Crippen LogP contribution in [0, 0.1) is 11.8 Å². The van der Waals surface area contributed by atoms with Crippen molar-refractivity contribution in [3.63, 3.8) is 0 Å². The summed E-state index contributed by atoms with van der Waals surface area (Å²) in [5.74, 6) is 0.609. The van der Waals surface area contributed by atoms with Crippen LogP contribution in [-0.4, -0.2) is 42.9 Å². The third kappa shape index (κ3) is 2.52. The Morgan fingerprint density at radius 3 is 2.31 bits per heavy atom. The molecule has 0 bridgehead atoms. The molecule has 0 aromatic heterocycles. The monoisotopic (exact) mass is 225 g/mol. The zero-order chi connectivity index (χ0) is 11.5. The Balaban J connectivity index is 1.76. The molecule has 2 heterocycles. The van der Waals surface area contributed by atoms with E-state index in [0.717, 1.165) is 39.0 Å². The van der Waals surface area contributed by atoms with Crippen LogP contribution >= 0.6 is 0 Å². The van der Waals surface area contributed by atoms with Gasteiger partial charge in [0.2, 0.25) is 11.8 Å². The summed E-state index contributed by atoms with van der Waals surface area (Å²) in [5, 5.41) is 3.11. The molecule has 16 heavy (non-hydrogen) atoms. The van der Waals surface area contributed by atoms with Crippen molar-refractivity contribution in [1.29, 1.82) is 0 Å². The Kier molecular flexibility index (Phi) is 3.43. The fourth-order valence-corrected chi connectivity index (χ4v) is 2.36. The number of nitrogens with two attached hydrogens (primary N) is 1. The van der Waals surface area contributed by atoms with Gasteiger partial charge in [-0.1, -0.05) is 0 Å². The van der Waals surface area contributed by atoms with Gasteiger partial charge in [-0.2, -0.15) is 0 Å². The summed E-state index contributed by atoms with van der Waals surface area (Å²) in [6, 6.07) is 0. The fraction of sp³-hybridized carbons (Fsp3) is 0.818. The molecule has 2 amide bonds. The maximum atomic E-state index is 11.9. The van der Waals surface area contributed by atoms with E-state index in [1.165, 1.54) is 0 Å². The second-order valence-corrected chi connectivity index (χ2v) is 4.79. The lowest BCUT2D eigenvalue weighted by Gasteiger charge is -2.36. The Labute approximate surface area is 95.3 Å². The fourth-order valence-electron chi connectivity index (χ4n) is 2.36. The van der Waals surface area contributed by atoms with Crippen molar-refractivity contribution >= 4 is 11.8 Å². The first-order chi connectivity index (χ1) is 7.66. The first-order valence-corrected chi connectivity index (χ1v) is 5.94. The van der Waals surface area contributed by atoms with Crippen molar-refractivity contribution in [2.45, 2.75) is 19.3 Å². The van der Waals surface area contributed by atoms with Gasteiger partial charge in [0, 0.05) is 32.6 Å². The second kappa shape index (κ2) is 4.82. The quantitative estimate of drug-likeness (QED) is 0.668. The number of nitrogens with one attached hydrogen (secondary N) is 1. The molecule has 0 spiro atoms. The predicted molar refractivity (Wildman–Crippen MR) is 59.5 cm³/mol. The first kappa shape index (κ1) is 11.4.